The van der Waals surface area contributed by atoms with Crippen LogP contribution in [0.2, 0.25) is 0 Å². The number of nitrogens with zero attached hydrogens (tertiary/aromatic N) is 4. The van der Waals surface area contributed by atoms with E-state index in [9.17, 15) is 19.1 Å². The van der Waals surface area contributed by atoms with Gasteiger partial charge in [-0.25, -0.2) is 9.18 Å². The fraction of sp³-hybridized carbons (Fsp3) is 0.316. The number of hydrogen-bond donors (Lipinski definition) is 1. The number of fused-ring (bicyclic) bond motifs is 2. The summed E-state index contributed by atoms with van der Waals surface area (Å²) in [5.74, 6) is -1.82. The first kappa shape index (κ1) is 16.0. The Hall–Kier alpha value is -3.16. The van der Waals surface area contributed by atoms with Gasteiger partial charge >= 0.3 is 5.97 Å². The number of pyridine rings is 1. The molecule has 2 aromatic heterocycles. The van der Waals surface area contributed by atoms with Crippen LogP contribution >= 0.6 is 0 Å². The van der Waals surface area contributed by atoms with Crippen molar-refractivity contribution in [3.63, 3.8) is 0 Å². The standard InChI is InChI=1S/C19H17FN4O3/c1-22-6-10-7-23(9-15(10)21-22)17-5-16-12(4-14(17)20)18(25)13(19(26)27)8-24(16)11-2-3-11/h4-6,8,11H,2-3,7,9H2,1H3,(H,26,27). The van der Waals surface area contributed by atoms with E-state index in [-0.39, 0.29) is 17.0 Å². The predicted molar refractivity (Wildman–Crippen MR) is 96.5 cm³/mol. The Balaban J connectivity index is 1.67. The summed E-state index contributed by atoms with van der Waals surface area (Å²) in [5.41, 5.74) is 1.98. The average Bonchev–Trinajstić information content (AvgIpc) is 3.29. The lowest BCUT2D eigenvalue weighted by Crippen LogP contribution is -2.21. The highest BCUT2D eigenvalue weighted by Crippen LogP contribution is 2.39. The normalized spacial score (nSPS) is 16.1. The van der Waals surface area contributed by atoms with Gasteiger partial charge in [0.2, 0.25) is 5.43 Å². The molecule has 1 aliphatic carbocycles. The van der Waals surface area contributed by atoms with Gasteiger partial charge in [-0.15, -0.1) is 0 Å². The summed E-state index contributed by atoms with van der Waals surface area (Å²) in [6, 6.07) is 3.00. The highest BCUT2D eigenvalue weighted by molar-refractivity contribution is 5.93. The first-order chi connectivity index (χ1) is 12.9. The van der Waals surface area contributed by atoms with Crippen LogP contribution in [-0.4, -0.2) is 25.4 Å². The molecule has 2 aliphatic rings. The van der Waals surface area contributed by atoms with Crippen LogP contribution < -0.4 is 10.3 Å². The molecule has 1 saturated carbocycles. The molecule has 0 spiro atoms. The minimum Gasteiger partial charge on any atom is -0.477 e. The van der Waals surface area contributed by atoms with Crippen molar-refractivity contribution >= 4 is 22.6 Å². The van der Waals surface area contributed by atoms with E-state index in [0.717, 1.165) is 24.1 Å². The Bertz CT molecular complexity index is 1150. The van der Waals surface area contributed by atoms with Gasteiger partial charge in [-0.1, -0.05) is 0 Å². The van der Waals surface area contributed by atoms with Gasteiger partial charge < -0.3 is 14.6 Å². The number of carbonyl (C=O) groups is 1. The lowest BCUT2D eigenvalue weighted by Gasteiger charge is -2.21. The number of carboxylic acids is 1. The van der Waals surface area contributed by atoms with Crippen molar-refractivity contribution in [2.24, 2.45) is 7.05 Å². The van der Waals surface area contributed by atoms with Crippen molar-refractivity contribution in [3.05, 3.63) is 57.4 Å². The molecule has 1 fully saturated rings. The van der Waals surface area contributed by atoms with Crippen LogP contribution in [0.15, 0.2) is 29.3 Å². The molecule has 7 nitrogen and oxygen atoms in total. The van der Waals surface area contributed by atoms with Crippen molar-refractivity contribution in [1.29, 1.82) is 0 Å². The molecule has 8 heteroatoms. The largest absolute Gasteiger partial charge is 0.477 e. The number of anilines is 1. The SMILES string of the molecule is Cn1cc2c(n1)CN(c1cc3c(cc1F)c(=O)c(C(=O)O)cn3C1CC1)C2. The quantitative estimate of drug-likeness (QED) is 0.768. The lowest BCUT2D eigenvalue weighted by molar-refractivity contribution is 0.0695. The van der Waals surface area contributed by atoms with Gasteiger partial charge in [0.1, 0.15) is 11.4 Å². The van der Waals surface area contributed by atoms with E-state index in [1.165, 1.54) is 12.3 Å². The summed E-state index contributed by atoms with van der Waals surface area (Å²) in [7, 11) is 1.85. The average molecular weight is 368 g/mol. The fourth-order valence-corrected chi connectivity index (χ4v) is 3.87. The van der Waals surface area contributed by atoms with Crippen molar-refractivity contribution in [3.8, 4) is 0 Å². The molecule has 0 unspecified atom stereocenters. The second-order valence-corrected chi connectivity index (χ2v) is 7.27. The molecular formula is C19H17FN4O3. The molecule has 0 radical (unpaired) electrons. The summed E-state index contributed by atoms with van der Waals surface area (Å²) in [4.78, 5) is 25.8. The van der Waals surface area contributed by atoms with Crippen molar-refractivity contribution in [1.82, 2.24) is 14.3 Å². The van der Waals surface area contributed by atoms with Crippen LogP contribution in [0.3, 0.4) is 0 Å². The Morgan fingerprint density at radius 1 is 1.26 bits per heavy atom. The zero-order valence-electron chi connectivity index (χ0n) is 14.6. The van der Waals surface area contributed by atoms with Gasteiger partial charge in [0, 0.05) is 43.0 Å². The molecule has 27 heavy (non-hydrogen) atoms. The molecule has 5 rings (SSSR count). The maximum atomic E-state index is 14.9. The van der Waals surface area contributed by atoms with Gasteiger partial charge in [0.15, 0.2) is 0 Å². The Labute approximate surface area is 153 Å². The smallest absolute Gasteiger partial charge is 0.341 e. The van der Waals surface area contributed by atoms with E-state index < -0.39 is 17.2 Å². The Morgan fingerprint density at radius 2 is 2.04 bits per heavy atom. The van der Waals surface area contributed by atoms with Gasteiger partial charge in [0.25, 0.3) is 0 Å². The van der Waals surface area contributed by atoms with Crippen LogP contribution in [0.25, 0.3) is 10.9 Å². The zero-order valence-corrected chi connectivity index (χ0v) is 14.6. The van der Waals surface area contributed by atoms with E-state index in [0.29, 0.717) is 24.3 Å². The van der Waals surface area contributed by atoms with E-state index in [4.69, 9.17) is 0 Å². The number of aromatic carboxylic acids is 1. The molecule has 1 aromatic carbocycles. The van der Waals surface area contributed by atoms with E-state index in [2.05, 4.69) is 5.10 Å². The van der Waals surface area contributed by atoms with E-state index in [1.54, 1.807) is 10.7 Å². The minimum atomic E-state index is -1.29. The molecule has 0 atom stereocenters. The summed E-state index contributed by atoms with van der Waals surface area (Å²) in [6.45, 7) is 1.05. The van der Waals surface area contributed by atoms with Crippen LogP contribution in [0.4, 0.5) is 10.1 Å². The molecule has 138 valence electrons. The third-order valence-corrected chi connectivity index (χ3v) is 5.31. The molecule has 0 bridgehead atoms. The molecule has 1 N–H and O–H groups in total. The number of rotatable bonds is 3. The van der Waals surface area contributed by atoms with Crippen molar-refractivity contribution in [2.75, 3.05) is 4.90 Å². The van der Waals surface area contributed by atoms with Gasteiger partial charge in [0.05, 0.1) is 23.4 Å². The summed E-state index contributed by atoms with van der Waals surface area (Å²) in [5, 5.41) is 13.8. The van der Waals surface area contributed by atoms with Crippen LogP contribution in [0.5, 0.6) is 0 Å². The number of carboxylic acid groups (broad SMARTS) is 1. The van der Waals surface area contributed by atoms with Gasteiger partial charge in [-0.2, -0.15) is 5.10 Å². The highest BCUT2D eigenvalue weighted by atomic mass is 19.1. The van der Waals surface area contributed by atoms with Gasteiger partial charge in [-0.05, 0) is 25.0 Å². The number of halogens is 1. The maximum Gasteiger partial charge on any atom is 0.341 e. The zero-order chi connectivity index (χ0) is 18.9. The topological polar surface area (TPSA) is 80.4 Å². The van der Waals surface area contributed by atoms with Crippen LogP contribution in [0, 0.1) is 5.82 Å². The minimum absolute atomic E-state index is 0.110. The Kier molecular flexibility index (Phi) is 3.22. The molecule has 3 aromatic rings. The second-order valence-electron chi connectivity index (χ2n) is 7.27. The second kappa shape index (κ2) is 5.42. The van der Waals surface area contributed by atoms with Crippen LogP contribution in [0.1, 0.15) is 40.5 Å². The lowest BCUT2D eigenvalue weighted by atomic mass is 10.1. The van der Waals surface area contributed by atoms with Gasteiger partial charge in [-0.3, -0.25) is 9.48 Å². The number of hydrogen-bond acceptors (Lipinski definition) is 4. The molecule has 0 amide bonds. The maximum absolute atomic E-state index is 14.9. The Morgan fingerprint density at radius 3 is 2.70 bits per heavy atom. The molecule has 0 saturated heterocycles. The third kappa shape index (κ3) is 2.43. The monoisotopic (exact) mass is 368 g/mol. The predicted octanol–water partition coefficient (Wildman–Crippen LogP) is 2.43. The highest BCUT2D eigenvalue weighted by Gasteiger charge is 2.29. The summed E-state index contributed by atoms with van der Waals surface area (Å²) < 4.78 is 18.4. The van der Waals surface area contributed by atoms with Crippen molar-refractivity contribution < 1.29 is 14.3 Å². The first-order valence-corrected chi connectivity index (χ1v) is 8.80. The molecule has 1 aliphatic heterocycles. The first-order valence-electron chi connectivity index (χ1n) is 8.80. The van der Waals surface area contributed by atoms with Crippen molar-refractivity contribution in [2.45, 2.75) is 32.0 Å². The fourth-order valence-electron chi connectivity index (χ4n) is 3.87. The number of aryl methyl sites for hydroxylation is 1. The van der Waals surface area contributed by atoms with Crippen LogP contribution in [-0.2, 0) is 20.1 Å². The number of benzene rings is 1. The number of aromatic nitrogens is 3. The molecule has 3 heterocycles. The van der Waals surface area contributed by atoms with E-state index >= 15 is 0 Å². The third-order valence-electron chi connectivity index (χ3n) is 5.31. The van der Waals surface area contributed by atoms with E-state index in [1.807, 2.05) is 22.7 Å². The summed E-state index contributed by atoms with van der Waals surface area (Å²) in [6.07, 6.45) is 5.16. The summed E-state index contributed by atoms with van der Waals surface area (Å²) >= 11 is 0. The molecular weight excluding hydrogens is 351 g/mol.